The molecule has 1 heterocycles. The lowest BCUT2D eigenvalue weighted by Gasteiger charge is -2.35. The van der Waals surface area contributed by atoms with Gasteiger partial charge in [0.15, 0.2) is 0 Å². The third kappa shape index (κ3) is 5.87. The summed E-state index contributed by atoms with van der Waals surface area (Å²) in [4.78, 5) is 14.4. The van der Waals surface area contributed by atoms with Crippen molar-refractivity contribution in [1.82, 2.24) is 4.90 Å². The fourth-order valence-corrected chi connectivity index (χ4v) is 3.73. The number of aliphatic hydroxyl groups excluding tert-OH is 1. The number of hydrogen-bond acceptors (Lipinski definition) is 4. The molecular weight excluding hydrogens is 436 g/mol. The zero-order valence-corrected chi connectivity index (χ0v) is 18.4. The van der Waals surface area contributed by atoms with Crippen LogP contribution in [0.3, 0.4) is 0 Å². The van der Waals surface area contributed by atoms with Crippen molar-refractivity contribution in [1.29, 1.82) is 0 Å². The van der Waals surface area contributed by atoms with E-state index in [0.29, 0.717) is 10.9 Å². The number of hydrogen-bond donors (Lipinski definition) is 1. The lowest BCUT2D eigenvalue weighted by molar-refractivity contribution is -0.0840. The molecule has 1 fully saturated rings. The monoisotopic (exact) mass is 463 g/mol. The Labute approximate surface area is 173 Å². The average Bonchev–Trinajstić information content (AvgIpc) is 2.74. The summed E-state index contributed by atoms with van der Waals surface area (Å²) in [6.07, 6.45) is -1.37. The molecule has 1 amide bonds. The van der Waals surface area contributed by atoms with Crippen molar-refractivity contribution in [2.75, 3.05) is 5.33 Å². The molecule has 158 valence electrons. The molecule has 0 radical (unpaired) electrons. The first-order valence-electron chi connectivity index (χ1n) is 9.21. The van der Waals surface area contributed by atoms with Crippen LogP contribution in [-0.2, 0) is 15.9 Å². The van der Waals surface area contributed by atoms with E-state index in [-0.39, 0.29) is 12.8 Å². The minimum atomic E-state index is -1.00. The molecule has 0 saturated carbocycles. The Hall–Kier alpha value is -1.25. The largest absolute Gasteiger partial charge is 0.444 e. The lowest BCUT2D eigenvalue weighted by Crippen LogP contribution is -2.51. The van der Waals surface area contributed by atoms with Gasteiger partial charge in [-0.1, -0.05) is 15.9 Å². The number of alkyl halides is 1. The van der Waals surface area contributed by atoms with Crippen LogP contribution in [0.1, 0.15) is 46.6 Å². The standard InChI is InChI=1S/C20H28BrF2NO4/c1-19(2,3)28-18(26)24-16(8-12-6-13(22)9-14(23)7-12)17(10-15(25)11-21)27-20(24,4)5/h6-7,9,15-17,25H,8,10-11H2,1-5H3/t15?,16-,17+/m0/s1. The number of rotatable bonds is 5. The van der Waals surface area contributed by atoms with E-state index in [9.17, 15) is 18.7 Å². The van der Waals surface area contributed by atoms with Crippen LogP contribution in [0.5, 0.6) is 0 Å². The van der Waals surface area contributed by atoms with Gasteiger partial charge in [-0.05, 0) is 58.7 Å². The third-order valence-electron chi connectivity index (χ3n) is 4.42. The molecule has 3 atom stereocenters. The Morgan fingerprint density at radius 2 is 1.89 bits per heavy atom. The fraction of sp³-hybridized carbons (Fsp3) is 0.650. The third-order valence-corrected chi connectivity index (χ3v) is 5.17. The molecule has 8 heteroatoms. The second-order valence-corrected chi connectivity index (χ2v) is 9.19. The zero-order chi connectivity index (χ0) is 21.3. The van der Waals surface area contributed by atoms with Gasteiger partial charge in [0.1, 0.15) is 23.0 Å². The topological polar surface area (TPSA) is 59.0 Å². The van der Waals surface area contributed by atoms with E-state index in [1.54, 1.807) is 34.6 Å². The molecule has 1 N–H and O–H groups in total. The molecule has 2 rings (SSSR count). The van der Waals surface area contributed by atoms with Crippen LogP contribution in [0.4, 0.5) is 13.6 Å². The summed E-state index contributed by atoms with van der Waals surface area (Å²) < 4.78 is 39.0. The molecule has 28 heavy (non-hydrogen) atoms. The minimum absolute atomic E-state index is 0.164. The molecule has 1 aliphatic rings. The second-order valence-electron chi connectivity index (χ2n) is 8.55. The van der Waals surface area contributed by atoms with Crippen LogP contribution in [0, 0.1) is 11.6 Å². The maximum Gasteiger partial charge on any atom is 0.412 e. The summed E-state index contributed by atoms with van der Waals surface area (Å²) in [6.45, 7) is 8.75. The van der Waals surface area contributed by atoms with Gasteiger partial charge in [0.2, 0.25) is 0 Å². The van der Waals surface area contributed by atoms with Gasteiger partial charge in [-0.25, -0.2) is 13.6 Å². The molecule has 1 aromatic carbocycles. The molecule has 0 spiro atoms. The van der Waals surface area contributed by atoms with Gasteiger partial charge in [-0.15, -0.1) is 0 Å². The Morgan fingerprint density at radius 3 is 2.39 bits per heavy atom. The first-order chi connectivity index (χ1) is 12.8. The number of carbonyl (C=O) groups is 1. The van der Waals surface area contributed by atoms with Crippen LogP contribution in [-0.4, -0.2) is 51.0 Å². The van der Waals surface area contributed by atoms with E-state index in [1.165, 1.54) is 17.0 Å². The zero-order valence-electron chi connectivity index (χ0n) is 16.8. The Kier molecular flexibility index (Phi) is 7.10. The van der Waals surface area contributed by atoms with Gasteiger partial charge in [-0.3, -0.25) is 4.90 Å². The van der Waals surface area contributed by atoms with Gasteiger partial charge in [0.05, 0.1) is 18.2 Å². The number of carbonyl (C=O) groups excluding carboxylic acids is 1. The number of amides is 1. The van der Waals surface area contributed by atoms with Gasteiger partial charge in [0.25, 0.3) is 0 Å². The molecule has 0 bridgehead atoms. The van der Waals surface area contributed by atoms with E-state index in [4.69, 9.17) is 9.47 Å². The summed E-state index contributed by atoms with van der Waals surface area (Å²) >= 11 is 3.23. The van der Waals surface area contributed by atoms with Gasteiger partial charge >= 0.3 is 6.09 Å². The molecule has 1 aromatic rings. The van der Waals surface area contributed by atoms with Crippen LogP contribution in [0.25, 0.3) is 0 Å². The molecular formula is C20H28BrF2NO4. The Bertz CT molecular complexity index is 688. The number of halogens is 3. The highest BCUT2D eigenvalue weighted by molar-refractivity contribution is 9.09. The van der Waals surface area contributed by atoms with Crippen molar-refractivity contribution in [3.63, 3.8) is 0 Å². The number of aliphatic hydroxyl groups is 1. The predicted molar refractivity (Wildman–Crippen MR) is 105 cm³/mol. The number of ether oxygens (including phenoxy) is 2. The van der Waals surface area contributed by atoms with Crippen molar-refractivity contribution in [3.05, 3.63) is 35.4 Å². The molecule has 5 nitrogen and oxygen atoms in total. The van der Waals surface area contributed by atoms with Crippen molar-refractivity contribution in [2.45, 2.75) is 77.0 Å². The van der Waals surface area contributed by atoms with Crippen LogP contribution in [0.15, 0.2) is 18.2 Å². The van der Waals surface area contributed by atoms with Gasteiger partial charge < -0.3 is 14.6 Å². The lowest BCUT2D eigenvalue weighted by atomic mass is 9.97. The molecule has 1 saturated heterocycles. The average molecular weight is 464 g/mol. The summed E-state index contributed by atoms with van der Waals surface area (Å²) in [5.74, 6) is -1.37. The van der Waals surface area contributed by atoms with Gasteiger partial charge in [-0.2, -0.15) is 0 Å². The molecule has 1 unspecified atom stereocenters. The number of benzene rings is 1. The maximum absolute atomic E-state index is 13.7. The van der Waals surface area contributed by atoms with E-state index < -0.39 is 47.3 Å². The van der Waals surface area contributed by atoms with E-state index in [1.807, 2.05) is 0 Å². The van der Waals surface area contributed by atoms with Crippen molar-refractivity contribution in [3.8, 4) is 0 Å². The highest BCUT2D eigenvalue weighted by Crippen LogP contribution is 2.37. The first-order valence-corrected chi connectivity index (χ1v) is 10.3. The van der Waals surface area contributed by atoms with E-state index >= 15 is 0 Å². The highest BCUT2D eigenvalue weighted by Gasteiger charge is 2.51. The summed E-state index contributed by atoms with van der Waals surface area (Å²) in [5.41, 5.74) is -1.32. The quantitative estimate of drug-likeness (QED) is 0.657. The van der Waals surface area contributed by atoms with E-state index in [2.05, 4.69) is 15.9 Å². The SMILES string of the molecule is CC(C)(C)OC(=O)N1[C@@H](Cc2cc(F)cc(F)c2)[C@@H](CC(O)CBr)OC1(C)C. The van der Waals surface area contributed by atoms with E-state index in [0.717, 1.165) is 6.07 Å². The maximum atomic E-state index is 13.7. The fourth-order valence-electron chi connectivity index (χ4n) is 3.47. The highest BCUT2D eigenvalue weighted by atomic mass is 79.9. The van der Waals surface area contributed by atoms with Crippen molar-refractivity contribution >= 4 is 22.0 Å². The first kappa shape index (κ1) is 23.0. The Balaban J connectivity index is 2.38. The van der Waals surface area contributed by atoms with Crippen molar-refractivity contribution in [2.24, 2.45) is 0 Å². The predicted octanol–water partition coefficient (Wildman–Crippen LogP) is 4.39. The second kappa shape index (κ2) is 8.63. The van der Waals surface area contributed by atoms with Crippen LogP contribution < -0.4 is 0 Å². The summed E-state index contributed by atoms with van der Waals surface area (Å²) in [5, 5.41) is 10.4. The number of nitrogens with zero attached hydrogens (tertiary/aromatic N) is 1. The molecule has 0 aromatic heterocycles. The smallest absolute Gasteiger partial charge is 0.412 e. The van der Waals surface area contributed by atoms with Gasteiger partial charge in [0, 0.05) is 17.8 Å². The van der Waals surface area contributed by atoms with Crippen molar-refractivity contribution < 1.29 is 28.2 Å². The summed E-state index contributed by atoms with van der Waals surface area (Å²) in [6, 6.07) is 2.72. The molecule has 1 aliphatic heterocycles. The summed E-state index contributed by atoms with van der Waals surface area (Å²) in [7, 11) is 0. The normalized spacial score (nSPS) is 23.0. The van der Waals surface area contributed by atoms with Crippen LogP contribution in [0.2, 0.25) is 0 Å². The Morgan fingerprint density at radius 1 is 1.32 bits per heavy atom. The van der Waals surface area contributed by atoms with Crippen LogP contribution >= 0.6 is 15.9 Å². The molecule has 0 aliphatic carbocycles. The minimum Gasteiger partial charge on any atom is -0.444 e.